The van der Waals surface area contributed by atoms with Gasteiger partial charge in [0.05, 0.1) is 7.11 Å². The summed E-state index contributed by atoms with van der Waals surface area (Å²) in [6.45, 7) is 3.91. The number of hydrogen-bond acceptors (Lipinski definition) is 4. The summed E-state index contributed by atoms with van der Waals surface area (Å²) in [5, 5.41) is 0. The third-order valence-electron chi connectivity index (χ3n) is 2.36. The van der Waals surface area contributed by atoms with Crippen molar-refractivity contribution in [3.05, 3.63) is 0 Å². The smallest absolute Gasteiger partial charge is 0.421 e. The molecule has 0 saturated heterocycles. The first-order valence-corrected chi connectivity index (χ1v) is 7.33. The van der Waals surface area contributed by atoms with Crippen molar-refractivity contribution < 1.29 is 17.9 Å². The molecule has 8 heteroatoms. The molecule has 0 unspecified atom stereocenters. The van der Waals surface area contributed by atoms with E-state index in [-0.39, 0.29) is 18.5 Å². The largest absolute Gasteiger partial charge is 0.452 e. The number of halogens is 1. The van der Waals surface area contributed by atoms with Crippen LogP contribution in [0.25, 0.3) is 0 Å². The summed E-state index contributed by atoms with van der Waals surface area (Å²) in [5.41, 5.74) is 0. The van der Waals surface area contributed by atoms with Gasteiger partial charge in [0.15, 0.2) is 0 Å². The van der Waals surface area contributed by atoms with Crippen molar-refractivity contribution >= 4 is 27.9 Å². The topological polar surface area (TPSA) is 75.7 Å². The zero-order valence-electron chi connectivity index (χ0n) is 10.3. The molecule has 1 N–H and O–H groups in total. The number of ether oxygens (including phenoxy) is 1. The van der Waals surface area contributed by atoms with Gasteiger partial charge in [0.1, 0.15) is 0 Å². The maximum atomic E-state index is 11.9. The second-order valence-electron chi connectivity index (χ2n) is 3.37. The zero-order valence-corrected chi connectivity index (χ0v) is 11.8. The highest BCUT2D eigenvalue weighted by molar-refractivity contribution is 7.87. The van der Waals surface area contributed by atoms with Crippen LogP contribution in [0.15, 0.2) is 0 Å². The summed E-state index contributed by atoms with van der Waals surface area (Å²) in [4.78, 5) is 11.0. The normalized spacial score (nSPS) is 11.9. The molecule has 0 bridgehead atoms. The summed E-state index contributed by atoms with van der Waals surface area (Å²) >= 11 is 5.58. The van der Waals surface area contributed by atoms with E-state index in [0.717, 1.165) is 7.11 Å². The fraction of sp³-hybridized carbons (Fsp3) is 0.889. The molecular formula is C9H19ClN2O4S. The number of amides is 1. The molecule has 102 valence electrons. The van der Waals surface area contributed by atoms with Crippen LogP contribution >= 0.6 is 11.6 Å². The Hall–Kier alpha value is -0.530. The molecule has 0 aromatic rings. The van der Waals surface area contributed by atoms with Crippen molar-refractivity contribution in [2.45, 2.75) is 32.7 Å². The Morgan fingerprint density at radius 2 is 1.94 bits per heavy atom. The van der Waals surface area contributed by atoms with Gasteiger partial charge in [-0.15, -0.1) is 11.6 Å². The minimum absolute atomic E-state index is 0.153. The van der Waals surface area contributed by atoms with Gasteiger partial charge in [-0.3, -0.25) is 0 Å². The predicted octanol–water partition coefficient (Wildman–Crippen LogP) is 1.32. The Morgan fingerprint density at radius 1 is 1.41 bits per heavy atom. The number of nitrogens with zero attached hydrogens (tertiary/aromatic N) is 1. The van der Waals surface area contributed by atoms with Gasteiger partial charge in [-0.1, -0.05) is 13.8 Å². The summed E-state index contributed by atoms with van der Waals surface area (Å²) in [6, 6.07) is -0.184. The Morgan fingerprint density at radius 3 is 2.29 bits per heavy atom. The second kappa shape index (κ2) is 7.73. The van der Waals surface area contributed by atoms with Crippen LogP contribution in [-0.2, 0) is 14.9 Å². The lowest BCUT2D eigenvalue weighted by Gasteiger charge is -2.28. The van der Waals surface area contributed by atoms with Crippen LogP contribution in [0.5, 0.6) is 0 Å². The van der Waals surface area contributed by atoms with Gasteiger partial charge in [0.25, 0.3) is 0 Å². The van der Waals surface area contributed by atoms with E-state index in [1.807, 2.05) is 18.6 Å². The summed E-state index contributed by atoms with van der Waals surface area (Å²) in [7, 11) is -2.79. The summed E-state index contributed by atoms with van der Waals surface area (Å²) in [5.74, 6) is 0.165. The van der Waals surface area contributed by atoms with E-state index >= 15 is 0 Å². The van der Waals surface area contributed by atoms with Crippen molar-refractivity contribution in [2.75, 3.05) is 19.5 Å². The number of alkyl halides is 1. The lowest BCUT2D eigenvalue weighted by Crippen LogP contribution is -2.48. The quantitative estimate of drug-likeness (QED) is 0.716. The van der Waals surface area contributed by atoms with E-state index < -0.39 is 16.3 Å². The average molecular weight is 287 g/mol. The highest BCUT2D eigenvalue weighted by atomic mass is 35.5. The molecule has 0 fully saturated rings. The molecule has 0 saturated carbocycles. The average Bonchev–Trinajstić information content (AvgIpc) is 2.28. The minimum Gasteiger partial charge on any atom is -0.452 e. The van der Waals surface area contributed by atoms with E-state index in [2.05, 4.69) is 4.74 Å². The van der Waals surface area contributed by atoms with Crippen molar-refractivity contribution in [1.82, 2.24) is 9.03 Å². The molecule has 0 radical (unpaired) electrons. The standard InChI is InChI=1S/C9H19ClN2O4S/c1-4-8(5-2)12(7-6-10)17(14,15)11-9(13)16-3/h8H,4-7H2,1-3H3,(H,11,13). The maximum Gasteiger partial charge on any atom is 0.421 e. The molecule has 0 heterocycles. The SMILES string of the molecule is CCC(CC)N(CCCl)S(=O)(=O)NC(=O)OC. The number of carbonyl (C=O) groups is 1. The monoisotopic (exact) mass is 286 g/mol. The van der Waals surface area contributed by atoms with Crippen molar-refractivity contribution in [3.8, 4) is 0 Å². The fourth-order valence-electron chi connectivity index (χ4n) is 1.48. The second-order valence-corrected chi connectivity index (χ2v) is 5.37. The Kier molecular flexibility index (Phi) is 7.49. The Balaban J connectivity index is 4.96. The lowest BCUT2D eigenvalue weighted by molar-refractivity contribution is 0.176. The minimum atomic E-state index is -3.89. The Bertz CT molecular complexity index is 330. The molecule has 0 atom stereocenters. The molecule has 0 aliphatic rings. The molecular weight excluding hydrogens is 268 g/mol. The third-order valence-corrected chi connectivity index (χ3v) is 4.05. The van der Waals surface area contributed by atoms with Crippen molar-refractivity contribution in [2.24, 2.45) is 0 Å². The van der Waals surface area contributed by atoms with Gasteiger partial charge < -0.3 is 4.74 Å². The van der Waals surface area contributed by atoms with Gasteiger partial charge in [0, 0.05) is 18.5 Å². The predicted molar refractivity (Wildman–Crippen MR) is 66.3 cm³/mol. The molecule has 17 heavy (non-hydrogen) atoms. The van der Waals surface area contributed by atoms with Gasteiger partial charge in [-0.2, -0.15) is 12.7 Å². The van der Waals surface area contributed by atoms with E-state index in [0.29, 0.717) is 12.8 Å². The zero-order chi connectivity index (χ0) is 13.5. The van der Waals surface area contributed by atoms with Crippen molar-refractivity contribution in [3.63, 3.8) is 0 Å². The lowest BCUT2D eigenvalue weighted by atomic mass is 10.2. The van der Waals surface area contributed by atoms with Crippen LogP contribution in [0.3, 0.4) is 0 Å². The molecule has 0 aliphatic heterocycles. The molecule has 0 spiro atoms. The van der Waals surface area contributed by atoms with E-state index in [4.69, 9.17) is 11.6 Å². The summed E-state index contributed by atoms with van der Waals surface area (Å²) < 4.78 is 31.1. The van der Waals surface area contributed by atoms with E-state index in [1.54, 1.807) is 0 Å². The molecule has 0 aliphatic carbocycles. The highest BCUT2D eigenvalue weighted by Gasteiger charge is 2.29. The summed E-state index contributed by atoms with van der Waals surface area (Å²) in [6.07, 6.45) is 0.292. The van der Waals surface area contributed by atoms with E-state index in [1.165, 1.54) is 4.31 Å². The van der Waals surface area contributed by atoms with Crippen molar-refractivity contribution in [1.29, 1.82) is 0 Å². The van der Waals surface area contributed by atoms with Gasteiger partial charge in [-0.05, 0) is 12.8 Å². The van der Waals surface area contributed by atoms with Crippen LogP contribution in [0.2, 0.25) is 0 Å². The molecule has 0 aromatic heterocycles. The number of carbonyl (C=O) groups excluding carboxylic acids is 1. The van der Waals surface area contributed by atoms with Crippen LogP contribution in [0.4, 0.5) is 4.79 Å². The maximum absolute atomic E-state index is 11.9. The number of nitrogens with one attached hydrogen (secondary N) is 1. The van der Waals surface area contributed by atoms with Crippen LogP contribution in [0.1, 0.15) is 26.7 Å². The Labute approximate surface area is 107 Å². The van der Waals surface area contributed by atoms with Crippen LogP contribution in [-0.4, -0.2) is 44.4 Å². The van der Waals surface area contributed by atoms with Gasteiger partial charge in [-0.25, -0.2) is 9.52 Å². The first-order chi connectivity index (χ1) is 7.92. The van der Waals surface area contributed by atoms with Crippen LogP contribution in [0, 0.1) is 0 Å². The fourth-order valence-corrected chi connectivity index (χ4v) is 3.20. The van der Waals surface area contributed by atoms with Gasteiger partial charge in [0.2, 0.25) is 0 Å². The number of rotatable bonds is 7. The molecule has 0 aromatic carbocycles. The number of hydrogen-bond donors (Lipinski definition) is 1. The molecule has 0 rings (SSSR count). The third kappa shape index (κ3) is 5.10. The first kappa shape index (κ1) is 16.5. The molecule has 6 nitrogen and oxygen atoms in total. The van der Waals surface area contributed by atoms with Crippen LogP contribution < -0.4 is 4.72 Å². The van der Waals surface area contributed by atoms with Gasteiger partial charge >= 0.3 is 16.3 Å². The number of methoxy groups -OCH3 is 1. The van der Waals surface area contributed by atoms with E-state index in [9.17, 15) is 13.2 Å². The molecule has 1 amide bonds. The first-order valence-electron chi connectivity index (χ1n) is 5.36. The highest BCUT2D eigenvalue weighted by Crippen LogP contribution is 2.12.